The van der Waals surface area contributed by atoms with Crippen LogP contribution in [0.15, 0.2) is 48.5 Å². The fourth-order valence-electron chi connectivity index (χ4n) is 3.15. The topological polar surface area (TPSA) is 66.6 Å². The Morgan fingerprint density at radius 3 is 1.93 bits per heavy atom. The first-order valence-corrected chi connectivity index (χ1v) is 9.07. The van der Waals surface area contributed by atoms with Gasteiger partial charge < -0.3 is 15.5 Å². The quantitative estimate of drug-likeness (QED) is 0.820. The predicted octanol–water partition coefficient (Wildman–Crippen LogP) is 2.78. The molecule has 0 bridgehead atoms. The number of nitrogens with two attached hydrogens (primary N) is 1. The largest absolute Gasteiger partial charge is 0.399 e. The van der Waals surface area contributed by atoms with Crippen LogP contribution in [0, 0.1) is 0 Å². The molecule has 6 heteroatoms. The van der Waals surface area contributed by atoms with Gasteiger partial charge in [-0.3, -0.25) is 9.59 Å². The summed E-state index contributed by atoms with van der Waals surface area (Å²) in [6.07, 6.45) is 1.33. The second kappa shape index (κ2) is 9.42. The number of aryl methyl sites for hydroxylation is 1. The number of hydrogen-bond donors (Lipinski definition) is 1. The minimum atomic E-state index is 0. The fraction of sp³-hybridized carbons (Fsp3) is 0.333. The SMILES string of the molecule is CCc1ccc(C(=O)N2CCN(C(=O)Cc3ccc(N)cc3)CC2)cc1.Cl. The van der Waals surface area contributed by atoms with Crippen molar-refractivity contribution in [1.82, 2.24) is 9.80 Å². The maximum atomic E-state index is 12.6. The van der Waals surface area contributed by atoms with Crippen LogP contribution in [0.3, 0.4) is 0 Å². The smallest absolute Gasteiger partial charge is 0.253 e. The van der Waals surface area contributed by atoms with Gasteiger partial charge in [0.05, 0.1) is 6.42 Å². The molecule has 0 saturated carbocycles. The number of nitrogen functional groups attached to an aromatic ring is 1. The number of rotatable bonds is 4. The van der Waals surface area contributed by atoms with Crippen molar-refractivity contribution in [3.8, 4) is 0 Å². The summed E-state index contributed by atoms with van der Waals surface area (Å²) in [5.41, 5.74) is 9.26. The second-order valence-electron chi connectivity index (χ2n) is 6.64. The van der Waals surface area contributed by atoms with Crippen LogP contribution in [0.1, 0.15) is 28.4 Å². The number of halogens is 1. The molecule has 0 atom stereocenters. The molecule has 2 aromatic carbocycles. The monoisotopic (exact) mass is 387 g/mol. The Morgan fingerprint density at radius 1 is 0.852 bits per heavy atom. The summed E-state index contributed by atoms with van der Waals surface area (Å²) >= 11 is 0. The molecule has 5 nitrogen and oxygen atoms in total. The van der Waals surface area contributed by atoms with Gasteiger partial charge >= 0.3 is 0 Å². The molecule has 0 aromatic heterocycles. The predicted molar refractivity (Wildman–Crippen MR) is 110 cm³/mol. The molecule has 1 heterocycles. The summed E-state index contributed by atoms with van der Waals surface area (Å²) in [4.78, 5) is 28.7. The molecule has 0 aliphatic carbocycles. The summed E-state index contributed by atoms with van der Waals surface area (Å²) < 4.78 is 0. The van der Waals surface area contributed by atoms with Gasteiger partial charge in [-0.2, -0.15) is 0 Å². The first-order chi connectivity index (χ1) is 12.6. The van der Waals surface area contributed by atoms with Crippen LogP contribution < -0.4 is 5.73 Å². The third-order valence-corrected chi connectivity index (χ3v) is 4.86. The van der Waals surface area contributed by atoms with Crippen molar-refractivity contribution in [3.05, 3.63) is 65.2 Å². The minimum Gasteiger partial charge on any atom is -0.399 e. The molecule has 1 aliphatic rings. The molecule has 0 spiro atoms. The molecule has 1 fully saturated rings. The van der Waals surface area contributed by atoms with E-state index in [1.54, 1.807) is 0 Å². The van der Waals surface area contributed by atoms with Crippen LogP contribution in [0.2, 0.25) is 0 Å². The van der Waals surface area contributed by atoms with E-state index in [2.05, 4.69) is 6.92 Å². The maximum absolute atomic E-state index is 12.6. The minimum absolute atomic E-state index is 0. The van der Waals surface area contributed by atoms with Crippen molar-refractivity contribution in [2.24, 2.45) is 0 Å². The third kappa shape index (κ3) is 5.23. The van der Waals surface area contributed by atoms with Crippen molar-refractivity contribution in [3.63, 3.8) is 0 Å². The van der Waals surface area contributed by atoms with E-state index in [-0.39, 0.29) is 24.2 Å². The van der Waals surface area contributed by atoms with Crippen LogP contribution in [0.5, 0.6) is 0 Å². The first-order valence-electron chi connectivity index (χ1n) is 9.07. The number of benzene rings is 2. The highest BCUT2D eigenvalue weighted by Gasteiger charge is 2.24. The molecule has 27 heavy (non-hydrogen) atoms. The highest BCUT2D eigenvalue weighted by molar-refractivity contribution is 5.94. The Morgan fingerprint density at radius 2 is 1.37 bits per heavy atom. The van der Waals surface area contributed by atoms with Gasteiger partial charge in [0.2, 0.25) is 5.91 Å². The Bertz CT molecular complexity index is 767. The van der Waals surface area contributed by atoms with Crippen molar-refractivity contribution >= 4 is 29.9 Å². The molecule has 144 valence electrons. The van der Waals surface area contributed by atoms with E-state index in [4.69, 9.17) is 5.73 Å². The highest BCUT2D eigenvalue weighted by Crippen LogP contribution is 2.13. The number of carbonyl (C=O) groups is 2. The summed E-state index contributed by atoms with van der Waals surface area (Å²) in [6, 6.07) is 15.2. The van der Waals surface area contributed by atoms with Gasteiger partial charge in [0.1, 0.15) is 0 Å². The van der Waals surface area contributed by atoms with Crippen LogP contribution in [0.4, 0.5) is 5.69 Å². The van der Waals surface area contributed by atoms with Crippen LogP contribution >= 0.6 is 12.4 Å². The average Bonchev–Trinajstić information content (AvgIpc) is 2.69. The van der Waals surface area contributed by atoms with Gasteiger partial charge in [-0.05, 0) is 41.8 Å². The van der Waals surface area contributed by atoms with Crippen LogP contribution in [-0.2, 0) is 17.6 Å². The van der Waals surface area contributed by atoms with E-state index in [9.17, 15) is 9.59 Å². The molecule has 2 N–H and O–H groups in total. The Balaban J connectivity index is 0.00000261. The van der Waals surface area contributed by atoms with Crippen molar-refractivity contribution in [2.45, 2.75) is 19.8 Å². The third-order valence-electron chi connectivity index (χ3n) is 4.86. The average molecular weight is 388 g/mol. The lowest BCUT2D eigenvalue weighted by Gasteiger charge is -2.35. The summed E-state index contributed by atoms with van der Waals surface area (Å²) in [6.45, 7) is 4.39. The fourth-order valence-corrected chi connectivity index (χ4v) is 3.15. The highest BCUT2D eigenvalue weighted by atomic mass is 35.5. The van der Waals surface area contributed by atoms with Gasteiger partial charge in [-0.1, -0.05) is 31.2 Å². The second-order valence-corrected chi connectivity index (χ2v) is 6.64. The van der Waals surface area contributed by atoms with E-state index in [1.165, 1.54) is 5.56 Å². The van der Waals surface area contributed by atoms with Gasteiger partial charge in [-0.25, -0.2) is 0 Å². The Labute approximate surface area is 166 Å². The molecule has 3 rings (SSSR count). The molecule has 1 saturated heterocycles. The summed E-state index contributed by atoms with van der Waals surface area (Å²) in [7, 11) is 0. The lowest BCUT2D eigenvalue weighted by Crippen LogP contribution is -2.51. The normalized spacial score (nSPS) is 13.8. The van der Waals surface area contributed by atoms with Crippen molar-refractivity contribution in [2.75, 3.05) is 31.9 Å². The van der Waals surface area contributed by atoms with E-state index >= 15 is 0 Å². The van der Waals surface area contributed by atoms with Crippen molar-refractivity contribution < 1.29 is 9.59 Å². The van der Waals surface area contributed by atoms with E-state index in [1.807, 2.05) is 58.3 Å². The zero-order valence-electron chi connectivity index (χ0n) is 15.6. The molecule has 0 radical (unpaired) electrons. The van der Waals surface area contributed by atoms with Crippen LogP contribution in [-0.4, -0.2) is 47.8 Å². The van der Waals surface area contributed by atoms with Gasteiger partial charge in [0.15, 0.2) is 0 Å². The van der Waals surface area contributed by atoms with Crippen LogP contribution in [0.25, 0.3) is 0 Å². The van der Waals surface area contributed by atoms with E-state index in [0.29, 0.717) is 43.9 Å². The number of amides is 2. The summed E-state index contributed by atoms with van der Waals surface area (Å²) in [5.74, 6) is 0.132. The first kappa shape index (κ1) is 20.8. The number of carbonyl (C=O) groups excluding carboxylic acids is 2. The maximum Gasteiger partial charge on any atom is 0.253 e. The summed E-state index contributed by atoms with van der Waals surface area (Å²) in [5, 5.41) is 0. The molecule has 2 amide bonds. The zero-order valence-corrected chi connectivity index (χ0v) is 16.4. The molecular weight excluding hydrogens is 362 g/mol. The van der Waals surface area contributed by atoms with E-state index < -0.39 is 0 Å². The molecular formula is C21H26ClN3O2. The van der Waals surface area contributed by atoms with Gasteiger partial charge in [0.25, 0.3) is 5.91 Å². The number of piperazine rings is 1. The number of anilines is 1. The lowest BCUT2D eigenvalue weighted by molar-refractivity contribution is -0.131. The van der Waals surface area contributed by atoms with Gasteiger partial charge in [0, 0.05) is 37.4 Å². The standard InChI is InChI=1S/C21H25N3O2.ClH/c1-2-16-3-7-18(8-4-16)21(26)24-13-11-23(12-14-24)20(25)15-17-5-9-19(22)10-6-17;/h3-10H,2,11-15,22H2,1H3;1H. The Kier molecular flexibility index (Phi) is 7.25. The van der Waals surface area contributed by atoms with Gasteiger partial charge in [-0.15, -0.1) is 12.4 Å². The molecule has 2 aromatic rings. The number of nitrogens with zero attached hydrogens (tertiary/aromatic N) is 2. The zero-order chi connectivity index (χ0) is 18.5. The Hall–Kier alpha value is -2.53. The number of hydrogen-bond acceptors (Lipinski definition) is 3. The lowest BCUT2D eigenvalue weighted by atomic mass is 10.1. The molecule has 1 aliphatic heterocycles. The molecule has 0 unspecified atom stereocenters. The van der Waals surface area contributed by atoms with Crippen molar-refractivity contribution in [1.29, 1.82) is 0 Å². The van der Waals surface area contributed by atoms with E-state index in [0.717, 1.165) is 12.0 Å².